The number of hydrogen-bond acceptors (Lipinski definition) is 3. The summed E-state index contributed by atoms with van der Waals surface area (Å²) in [7, 11) is 1.90. The molecule has 0 aliphatic carbocycles. The summed E-state index contributed by atoms with van der Waals surface area (Å²) in [5, 5.41) is 4.55. The van der Waals surface area contributed by atoms with E-state index in [1.807, 2.05) is 40.9 Å². The molecule has 1 aromatic carbocycles. The van der Waals surface area contributed by atoms with Crippen LogP contribution in [0.3, 0.4) is 0 Å². The van der Waals surface area contributed by atoms with Gasteiger partial charge in [-0.2, -0.15) is 5.10 Å². The molecule has 1 amide bonds. The number of amides is 1. The molecule has 2 aliphatic heterocycles. The van der Waals surface area contributed by atoms with Crippen LogP contribution < -0.4 is 4.74 Å². The van der Waals surface area contributed by atoms with Crippen LogP contribution in [0.1, 0.15) is 42.2 Å². The maximum atomic E-state index is 13.0. The zero-order chi connectivity index (χ0) is 16.0. The smallest absolute Gasteiger partial charge is 0.275 e. The van der Waals surface area contributed by atoms with Gasteiger partial charge in [-0.1, -0.05) is 12.1 Å². The normalized spacial score (nSPS) is 19.7. The summed E-state index contributed by atoms with van der Waals surface area (Å²) in [6.07, 6.45) is 3.34. The van der Waals surface area contributed by atoms with Crippen LogP contribution in [0.15, 0.2) is 24.3 Å². The van der Waals surface area contributed by atoms with Gasteiger partial charge >= 0.3 is 0 Å². The fourth-order valence-electron chi connectivity index (χ4n) is 3.69. The lowest BCUT2D eigenvalue weighted by Gasteiger charge is -2.33. The molecular formula is C18H21N3O2. The van der Waals surface area contributed by atoms with Gasteiger partial charge in [0, 0.05) is 30.8 Å². The highest BCUT2D eigenvalue weighted by atomic mass is 16.5. The van der Waals surface area contributed by atoms with E-state index in [-0.39, 0.29) is 11.9 Å². The molecule has 5 nitrogen and oxygen atoms in total. The molecule has 2 aromatic rings. The van der Waals surface area contributed by atoms with E-state index in [1.165, 1.54) is 6.42 Å². The second kappa shape index (κ2) is 5.41. The average Bonchev–Trinajstić information content (AvgIpc) is 2.92. The first kappa shape index (κ1) is 14.3. The number of likely N-dealkylation sites (tertiary alicyclic amines) is 1. The summed E-state index contributed by atoms with van der Waals surface area (Å²) < 4.78 is 7.66. The molecule has 1 atom stereocenters. The van der Waals surface area contributed by atoms with Crippen LogP contribution in [0.2, 0.25) is 0 Å². The molecule has 0 bridgehead atoms. The minimum atomic E-state index is 0.0389. The Labute approximate surface area is 135 Å². The number of aromatic nitrogens is 2. The average molecular weight is 311 g/mol. The van der Waals surface area contributed by atoms with Crippen molar-refractivity contribution in [2.24, 2.45) is 7.05 Å². The first-order valence-electron chi connectivity index (χ1n) is 8.26. The first-order chi connectivity index (χ1) is 11.2. The molecule has 1 unspecified atom stereocenters. The number of fused-ring (bicyclic) bond motifs is 3. The summed E-state index contributed by atoms with van der Waals surface area (Å²) in [6, 6.07) is 8.21. The van der Waals surface area contributed by atoms with Crippen LogP contribution in [0.4, 0.5) is 0 Å². The van der Waals surface area contributed by atoms with Crippen molar-refractivity contribution in [2.45, 2.75) is 38.8 Å². The second-order valence-electron chi connectivity index (χ2n) is 6.43. The van der Waals surface area contributed by atoms with Crippen molar-refractivity contribution >= 4 is 5.91 Å². The minimum Gasteiger partial charge on any atom is -0.488 e. The van der Waals surface area contributed by atoms with Crippen LogP contribution in [0, 0.1) is 0 Å². The van der Waals surface area contributed by atoms with Crippen LogP contribution in [-0.2, 0) is 13.7 Å². The molecule has 0 radical (unpaired) electrons. The zero-order valence-corrected chi connectivity index (χ0v) is 13.6. The van der Waals surface area contributed by atoms with Gasteiger partial charge in [-0.15, -0.1) is 0 Å². The number of aryl methyl sites for hydroxylation is 1. The quantitative estimate of drug-likeness (QED) is 0.813. The van der Waals surface area contributed by atoms with Gasteiger partial charge in [-0.3, -0.25) is 9.48 Å². The molecule has 2 aliphatic rings. The van der Waals surface area contributed by atoms with Crippen molar-refractivity contribution in [2.75, 3.05) is 6.54 Å². The summed E-state index contributed by atoms with van der Waals surface area (Å²) in [4.78, 5) is 15.0. The van der Waals surface area contributed by atoms with Crippen molar-refractivity contribution in [1.82, 2.24) is 14.7 Å². The standard InChI is InChI=1S/C18H21N3O2/c1-12-7-5-6-10-21(12)18(22)16-14-11-23-15-9-4-3-8-13(15)17(14)20(2)19-16/h3-4,8-9,12H,5-7,10-11H2,1-2H3. The number of rotatable bonds is 1. The third-order valence-corrected chi connectivity index (χ3v) is 4.93. The number of piperidine rings is 1. The Morgan fingerprint density at radius 1 is 1.30 bits per heavy atom. The predicted molar refractivity (Wildman–Crippen MR) is 87.3 cm³/mol. The molecular weight excluding hydrogens is 290 g/mol. The number of ether oxygens (including phenoxy) is 1. The lowest BCUT2D eigenvalue weighted by atomic mass is 10.00. The molecule has 4 rings (SSSR count). The summed E-state index contributed by atoms with van der Waals surface area (Å²) in [5.41, 5.74) is 3.47. The van der Waals surface area contributed by atoms with E-state index in [1.54, 1.807) is 0 Å². The third-order valence-electron chi connectivity index (χ3n) is 4.93. The Balaban J connectivity index is 1.77. The van der Waals surface area contributed by atoms with Gasteiger partial charge in [-0.05, 0) is 38.3 Å². The van der Waals surface area contributed by atoms with Gasteiger partial charge in [0.05, 0.1) is 5.69 Å². The van der Waals surface area contributed by atoms with Crippen molar-refractivity contribution < 1.29 is 9.53 Å². The van der Waals surface area contributed by atoms with Gasteiger partial charge in [-0.25, -0.2) is 0 Å². The van der Waals surface area contributed by atoms with E-state index in [0.29, 0.717) is 12.3 Å². The Morgan fingerprint density at radius 2 is 2.13 bits per heavy atom. The Morgan fingerprint density at radius 3 is 2.96 bits per heavy atom. The van der Waals surface area contributed by atoms with Gasteiger partial charge in [0.1, 0.15) is 12.4 Å². The van der Waals surface area contributed by atoms with Crippen molar-refractivity contribution in [3.8, 4) is 17.0 Å². The van der Waals surface area contributed by atoms with E-state index < -0.39 is 0 Å². The topological polar surface area (TPSA) is 47.4 Å². The van der Waals surface area contributed by atoms with Gasteiger partial charge in [0.25, 0.3) is 5.91 Å². The molecule has 5 heteroatoms. The summed E-state index contributed by atoms with van der Waals surface area (Å²) >= 11 is 0. The predicted octanol–water partition coefficient (Wildman–Crippen LogP) is 2.99. The van der Waals surface area contributed by atoms with Crippen molar-refractivity contribution in [3.05, 3.63) is 35.5 Å². The van der Waals surface area contributed by atoms with E-state index in [0.717, 1.165) is 42.0 Å². The number of carbonyl (C=O) groups excluding carboxylic acids is 1. The van der Waals surface area contributed by atoms with E-state index in [2.05, 4.69) is 12.0 Å². The SMILES string of the molecule is CC1CCCCN1C(=O)c1nn(C)c2c1COc1ccccc1-2. The Kier molecular flexibility index (Phi) is 3.36. The molecule has 3 heterocycles. The van der Waals surface area contributed by atoms with Crippen LogP contribution >= 0.6 is 0 Å². The number of carbonyl (C=O) groups is 1. The molecule has 0 spiro atoms. The monoisotopic (exact) mass is 311 g/mol. The summed E-state index contributed by atoms with van der Waals surface area (Å²) in [6.45, 7) is 3.35. The number of nitrogens with zero attached hydrogens (tertiary/aromatic N) is 3. The van der Waals surface area contributed by atoms with Crippen LogP contribution in [0.25, 0.3) is 11.3 Å². The molecule has 1 saturated heterocycles. The van der Waals surface area contributed by atoms with E-state index in [9.17, 15) is 4.79 Å². The summed E-state index contributed by atoms with van der Waals surface area (Å²) in [5.74, 6) is 0.894. The minimum absolute atomic E-state index is 0.0389. The van der Waals surface area contributed by atoms with Crippen molar-refractivity contribution in [3.63, 3.8) is 0 Å². The molecule has 0 saturated carbocycles. The first-order valence-corrected chi connectivity index (χ1v) is 8.26. The lowest BCUT2D eigenvalue weighted by molar-refractivity contribution is 0.0626. The number of hydrogen-bond donors (Lipinski definition) is 0. The highest BCUT2D eigenvalue weighted by Gasteiger charge is 2.32. The van der Waals surface area contributed by atoms with Crippen molar-refractivity contribution in [1.29, 1.82) is 0 Å². The van der Waals surface area contributed by atoms with Gasteiger partial charge in [0.15, 0.2) is 5.69 Å². The van der Waals surface area contributed by atoms with E-state index >= 15 is 0 Å². The fourth-order valence-corrected chi connectivity index (χ4v) is 3.69. The maximum Gasteiger partial charge on any atom is 0.275 e. The van der Waals surface area contributed by atoms with E-state index in [4.69, 9.17) is 4.74 Å². The van der Waals surface area contributed by atoms with Crippen LogP contribution in [0.5, 0.6) is 5.75 Å². The highest BCUT2D eigenvalue weighted by Crippen LogP contribution is 2.38. The lowest BCUT2D eigenvalue weighted by Crippen LogP contribution is -2.42. The number of benzene rings is 1. The molecule has 23 heavy (non-hydrogen) atoms. The largest absolute Gasteiger partial charge is 0.488 e. The molecule has 1 aromatic heterocycles. The fraction of sp³-hybridized carbons (Fsp3) is 0.444. The zero-order valence-electron chi connectivity index (χ0n) is 13.6. The molecule has 120 valence electrons. The number of para-hydroxylation sites is 1. The Hall–Kier alpha value is -2.30. The second-order valence-corrected chi connectivity index (χ2v) is 6.43. The van der Waals surface area contributed by atoms with Gasteiger partial charge < -0.3 is 9.64 Å². The maximum absolute atomic E-state index is 13.0. The molecule has 1 fully saturated rings. The Bertz CT molecular complexity index is 766. The third kappa shape index (κ3) is 2.22. The molecule has 0 N–H and O–H groups in total. The van der Waals surface area contributed by atoms with Crippen LogP contribution in [-0.4, -0.2) is 33.2 Å². The highest BCUT2D eigenvalue weighted by molar-refractivity contribution is 5.96. The van der Waals surface area contributed by atoms with Gasteiger partial charge in [0.2, 0.25) is 0 Å².